The van der Waals surface area contributed by atoms with Gasteiger partial charge in [-0.25, -0.2) is 0 Å². The number of rotatable bonds is 8. The van der Waals surface area contributed by atoms with Crippen molar-refractivity contribution in [1.29, 1.82) is 0 Å². The summed E-state index contributed by atoms with van der Waals surface area (Å²) in [5.41, 5.74) is 1.34. The summed E-state index contributed by atoms with van der Waals surface area (Å²) in [7, 11) is 0. The quantitative estimate of drug-likeness (QED) is 0.741. The van der Waals surface area contributed by atoms with E-state index in [9.17, 15) is 0 Å². The summed E-state index contributed by atoms with van der Waals surface area (Å²) < 4.78 is 5.86. The Balaban J connectivity index is 2.61. The third-order valence-electron chi connectivity index (χ3n) is 3.17. The Morgan fingerprint density at radius 3 is 2.28 bits per heavy atom. The van der Waals surface area contributed by atoms with Crippen LogP contribution < -0.4 is 10.1 Å². The molecule has 0 aromatic heterocycles. The van der Waals surface area contributed by atoms with Gasteiger partial charge >= 0.3 is 0 Å². The molecule has 1 N–H and O–H groups in total. The molecule has 2 unspecified atom stereocenters. The fourth-order valence-electron chi connectivity index (χ4n) is 2.22. The smallest absolute Gasteiger partial charge is 0.119 e. The van der Waals surface area contributed by atoms with E-state index in [1.807, 2.05) is 0 Å². The average molecular weight is 249 g/mol. The van der Waals surface area contributed by atoms with Crippen molar-refractivity contribution in [2.45, 2.75) is 59.1 Å². The van der Waals surface area contributed by atoms with Crippen LogP contribution in [0.3, 0.4) is 0 Å². The van der Waals surface area contributed by atoms with Crippen molar-refractivity contribution < 1.29 is 4.74 Å². The number of hydrogen-bond acceptors (Lipinski definition) is 2. The Labute approximate surface area is 112 Å². The van der Waals surface area contributed by atoms with Gasteiger partial charge in [-0.3, -0.25) is 0 Å². The molecule has 0 saturated heterocycles. The lowest BCUT2D eigenvalue weighted by molar-refractivity contribution is 0.210. The van der Waals surface area contributed by atoms with Crippen LogP contribution in [0.5, 0.6) is 5.75 Å². The fourth-order valence-corrected chi connectivity index (χ4v) is 2.22. The van der Waals surface area contributed by atoms with Crippen LogP contribution in [-0.2, 0) is 0 Å². The Bertz CT molecular complexity index is 320. The van der Waals surface area contributed by atoms with Gasteiger partial charge in [-0.15, -0.1) is 0 Å². The predicted molar refractivity (Wildman–Crippen MR) is 78.1 cm³/mol. The molecule has 0 fully saturated rings. The van der Waals surface area contributed by atoms with E-state index in [4.69, 9.17) is 4.74 Å². The van der Waals surface area contributed by atoms with Crippen LogP contribution in [0.15, 0.2) is 24.3 Å². The second-order valence-corrected chi connectivity index (χ2v) is 4.80. The Morgan fingerprint density at radius 1 is 1.11 bits per heavy atom. The Hall–Kier alpha value is -1.02. The van der Waals surface area contributed by atoms with Gasteiger partial charge in [0.05, 0.1) is 6.10 Å². The van der Waals surface area contributed by atoms with Gasteiger partial charge in [-0.05, 0) is 44.0 Å². The van der Waals surface area contributed by atoms with Crippen LogP contribution in [0.1, 0.15) is 58.6 Å². The average Bonchev–Trinajstić information content (AvgIpc) is 2.37. The topological polar surface area (TPSA) is 21.3 Å². The minimum atomic E-state index is 0.302. The number of benzene rings is 1. The fraction of sp³-hybridized carbons (Fsp3) is 0.625. The summed E-state index contributed by atoms with van der Waals surface area (Å²) in [6, 6.07) is 8.97. The third kappa shape index (κ3) is 4.69. The van der Waals surface area contributed by atoms with Crippen LogP contribution in [0, 0.1) is 0 Å². The van der Waals surface area contributed by atoms with Gasteiger partial charge in [0.2, 0.25) is 0 Å². The van der Waals surface area contributed by atoms with Gasteiger partial charge in [0.1, 0.15) is 5.75 Å². The highest BCUT2D eigenvalue weighted by molar-refractivity contribution is 5.29. The minimum absolute atomic E-state index is 0.302. The predicted octanol–water partition coefficient (Wildman–Crippen LogP) is 4.31. The molecule has 0 amide bonds. The molecular weight excluding hydrogens is 222 g/mol. The van der Waals surface area contributed by atoms with Gasteiger partial charge in [0.25, 0.3) is 0 Å². The monoisotopic (exact) mass is 249 g/mol. The van der Waals surface area contributed by atoms with Crippen LogP contribution in [0.2, 0.25) is 0 Å². The second-order valence-electron chi connectivity index (χ2n) is 4.80. The maximum atomic E-state index is 5.86. The lowest BCUT2D eigenvalue weighted by Gasteiger charge is -2.18. The molecule has 0 aliphatic carbocycles. The van der Waals surface area contributed by atoms with E-state index in [0.717, 1.165) is 31.6 Å². The largest absolute Gasteiger partial charge is 0.491 e. The lowest BCUT2D eigenvalue weighted by Crippen LogP contribution is -2.20. The van der Waals surface area contributed by atoms with E-state index < -0.39 is 0 Å². The molecular formula is C16H27NO. The van der Waals surface area contributed by atoms with E-state index in [0.29, 0.717) is 12.1 Å². The van der Waals surface area contributed by atoms with Crippen LogP contribution >= 0.6 is 0 Å². The maximum Gasteiger partial charge on any atom is 0.119 e. The van der Waals surface area contributed by atoms with Crippen LogP contribution in [0.4, 0.5) is 0 Å². The molecule has 0 saturated carbocycles. The van der Waals surface area contributed by atoms with Gasteiger partial charge in [-0.1, -0.05) is 39.3 Å². The first-order valence-corrected chi connectivity index (χ1v) is 7.21. The molecule has 0 bridgehead atoms. The maximum absolute atomic E-state index is 5.86. The third-order valence-corrected chi connectivity index (χ3v) is 3.17. The summed E-state index contributed by atoms with van der Waals surface area (Å²) in [5.74, 6) is 0.978. The van der Waals surface area contributed by atoms with Crippen LogP contribution in [0.25, 0.3) is 0 Å². The zero-order valence-electron chi connectivity index (χ0n) is 12.2. The SMILES string of the molecule is CCCC(C)Oc1ccc(C(CC)NCC)cc1. The highest BCUT2D eigenvalue weighted by atomic mass is 16.5. The standard InChI is InChI=1S/C16H27NO/c1-5-8-13(4)18-15-11-9-14(10-12-15)16(6-2)17-7-3/h9-13,16-17H,5-8H2,1-4H3. The van der Waals surface area contributed by atoms with Crippen molar-refractivity contribution in [2.24, 2.45) is 0 Å². The van der Waals surface area contributed by atoms with E-state index in [2.05, 4.69) is 57.3 Å². The molecule has 2 heteroatoms. The number of ether oxygens (including phenoxy) is 1. The molecule has 18 heavy (non-hydrogen) atoms. The van der Waals surface area contributed by atoms with E-state index in [-0.39, 0.29) is 0 Å². The first kappa shape index (κ1) is 15.0. The summed E-state index contributed by atoms with van der Waals surface area (Å²) >= 11 is 0. The molecule has 1 rings (SSSR count). The molecule has 102 valence electrons. The molecule has 0 radical (unpaired) electrons. The number of nitrogens with one attached hydrogen (secondary N) is 1. The van der Waals surface area contributed by atoms with Crippen molar-refractivity contribution >= 4 is 0 Å². The van der Waals surface area contributed by atoms with Crippen molar-refractivity contribution in [1.82, 2.24) is 5.32 Å². The first-order valence-electron chi connectivity index (χ1n) is 7.21. The van der Waals surface area contributed by atoms with E-state index in [1.54, 1.807) is 0 Å². The minimum Gasteiger partial charge on any atom is -0.491 e. The van der Waals surface area contributed by atoms with Crippen molar-refractivity contribution in [3.63, 3.8) is 0 Å². The zero-order chi connectivity index (χ0) is 13.4. The molecule has 0 aliphatic heterocycles. The van der Waals surface area contributed by atoms with Gasteiger partial charge in [-0.2, -0.15) is 0 Å². The van der Waals surface area contributed by atoms with Crippen LogP contribution in [-0.4, -0.2) is 12.6 Å². The summed E-state index contributed by atoms with van der Waals surface area (Å²) in [6.07, 6.45) is 3.69. The summed E-state index contributed by atoms with van der Waals surface area (Å²) in [6.45, 7) is 9.67. The Morgan fingerprint density at radius 2 is 1.78 bits per heavy atom. The second kappa shape index (κ2) is 8.15. The lowest BCUT2D eigenvalue weighted by atomic mass is 10.0. The molecule has 2 nitrogen and oxygen atoms in total. The normalized spacial score (nSPS) is 14.2. The summed E-state index contributed by atoms with van der Waals surface area (Å²) in [5, 5.41) is 3.49. The van der Waals surface area contributed by atoms with Gasteiger partial charge in [0.15, 0.2) is 0 Å². The van der Waals surface area contributed by atoms with Crippen molar-refractivity contribution in [3.8, 4) is 5.75 Å². The zero-order valence-corrected chi connectivity index (χ0v) is 12.2. The molecule has 2 atom stereocenters. The molecule has 0 heterocycles. The van der Waals surface area contributed by atoms with Crippen molar-refractivity contribution in [3.05, 3.63) is 29.8 Å². The Kier molecular flexibility index (Phi) is 6.81. The van der Waals surface area contributed by atoms with Crippen molar-refractivity contribution in [2.75, 3.05) is 6.54 Å². The van der Waals surface area contributed by atoms with Gasteiger partial charge in [0, 0.05) is 6.04 Å². The molecule has 0 aliphatic rings. The highest BCUT2D eigenvalue weighted by Gasteiger charge is 2.08. The molecule has 1 aromatic carbocycles. The molecule has 1 aromatic rings. The van der Waals surface area contributed by atoms with Gasteiger partial charge < -0.3 is 10.1 Å². The van der Waals surface area contributed by atoms with E-state index >= 15 is 0 Å². The number of hydrogen-bond donors (Lipinski definition) is 1. The first-order chi connectivity index (χ1) is 8.71. The van der Waals surface area contributed by atoms with E-state index in [1.165, 1.54) is 5.56 Å². The highest BCUT2D eigenvalue weighted by Crippen LogP contribution is 2.21. The summed E-state index contributed by atoms with van der Waals surface area (Å²) in [4.78, 5) is 0. The molecule has 0 spiro atoms.